The van der Waals surface area contributed by atoms with Gasteiger partial charge in [0.25, 0.3) is 0 Å². The van der Waals surface area contributed by atoms with Gasteiger partial charge in [-0.1, -0.05) is 38.5 Å². The molecule has 3 heteroatoms. The van der Waals surface area contributed by atoms with Crippen molar-refractivity contribution in [3.8, 4) is 0 Å². The lowest BCUT2D eigenvalue weighted by atomic mass is 9.83. The first-order valence-corrected chi connectivity index (χ1v) is 8.87. The number of rotatable bonds is 3. The summed E-state index contributed by atoms with van der Waals surface area (Å²) in [5.41, 5.74) is 0.229. The van der Waals surface area contributed by atoms with Crippen molar-refractivity contribution in [2.45, 2.75) is 101 Å². The zero-order chi connectivity index (χ0) is 13.8. The molecule has 1 heterocycles. The van der Waals surface area contributed by atoms with Gasteiger partial charge in [-0.3, -0.25) is 0 Å². The summed E-state index contributed by atoms with van der Waals surface area (Å²) in [6.45, 7) is 0.934. The Labute approximate surface area is 123 Å². The number of aliphatic hydroxyl groups excluding tert-OH is 1. The molecule has 3 unspecified atom stereocenters. The molecule has 3 nitrogen and oxygen atoms in total. The predicted octanol–water partition coefficient (Wildman–Crippen LogP) is 3.15. The summed E-state index contributed by atoms with van der Waals surface area (Å²) in [7, 11) is 0. The van der Waals surface area contributed by atoms with Crippen LogP contribution in [0.25, 0.3) is 0 Å². The molecule has 3 aliphatic rings. The largest absolute Gasteiger partial charge is 0.392 e. The molecule has 1 saturated heterocycles. The lowest BCUT2D eigenvalue weighted by molar-refractivity contribution is -0.0639. The highest BCUT2D eigenvalue weighted by atomic mass is 16.5. The molecule has 0 bridgehead atoms. The highest BCUT2D eigenvalue weighted by Gasteiger charge is 2.40. The van der Waals surface area contributed by atoms with E-state index in [1.807, 2.05) is 0 Å². The molecule has 3 fully saturated rings. The van der Waals surface area contributed by atoms with Crippen molar-refractivity contribution in [2.75, 3.05) is 6.54 Å². The first-order chi connectivity index (χ1) is 9.77. The van der Waals surface area contributed by atoms with Crippen molar-refractivity contribution in [3.05, 3.63) is 0 Å². The summed E-state index contributed by atoms with van der Waals surface area (Å²) in [6, 6.07) is 0.295. The van der Waals surface area contributed by atoms with Crippen molar-refractivity contribution >= 4 is 0 Å². The monoisotopic (exact) mass is 281 g/mol. The van der Waals surface area contributed by atoms with Crippen molar-refractivity contribution in [3.63, 3.8) is 0 Å². The summed E-state index contributed by atoms with van der Waals surface area (Å²) >= 11 is 0. The zero-order valence-corrected chi connectivity index (χ0v) is 12.8. The van der Waals surface area contributed by atoms with E-state index in [1.54, 1.807) is 0 Å². The van der Waals surface area contributed by atoms with Crippen LogP contribution < -0.4 is 5.32 Å². The third kappa shape index (κ3) is 3.55. The van der Waals surface area contributed by atoms with Crippen LogP contribution in [0.1, 0.15) is 77.0 Å². The fourth-order valence-electron chi connectivity index (χ4n) is 4.41. The van der Waals surface area contributed by atoms with Crippen LogP contribution in [0.3, 0.4) is 0 Å². The van der Waals surface area contributed by atoms with E-state index >= 15 is 0 Å². The average Bonchev–Trinajstić information content (AvgIpc) is 2.72. The quantitative estimate of drug-likeness (QED) is 0.781. The van der Waals surface area contributed by atoms with Gasteiger partial charge in [0.2, 0.25) is 0 Å². The number of hydrogen-bond donors (Lipinski definition) is 2. The molecule has 0 aromatic carbocycles. The molecule has 2 aliphatic carbocycles. The van der Waals surface area contributed by atoms with Crippen LogP contribution in [-0.2, 0) is 4.74 Å². The predicted molar refractivity (Wildman–Crippen MR) is 80.8 cm³/mol. The van der Waals surface area contributed by atoms with E-state index in [2.05, 4.69) is 5.32 Å². The van der Waals surface area contributed by atoms with E-state index in [9.17, 15) is 5.11 Å². The first kappa shape index (κ1) is 14.8. The standard InChI is InChI=1S/C17H31NO2/c19-16-8-4-1-3-7-15(16)18-13-14-9-12-17(20-14)10-5-2-6-11-17/h14-16,18-19H,1-13H2. The van der Waals surface area contributed by atoms with Gasteiger partial charge in [-0.15, -0.1) is 0 Å². The number of nitrogens with one attached hydrogen (secondary N) is 1. The molecule has 0 aromatic rings. The maximum atomic E-state index is 10.2. The number of aliphatic hydroxyl groups is 1. The van der Waals surface area contributed by atoms with Crippen LogP contribution in [0.15, 0.2) is 0 Å². The van der Waals surface area contributed by atoms with Crippen LogP contribution in [-0.4, -0.2) is 35.5 Å². The summed E-state index contributed by atoms with van der Waals surface area (Å²) in [4.78, 5) is 0. The minimum Gasteiger partial charge on any atom is -0.392 e. The minimum atomic E-state index is -0.150. The van der Waals surface area contributed by atoms with E-state index in [0.29, 0.717) is 12.1 Å². The fourth-order valence-corrected chi connectivity index (χ4v) is 4.41. The second kappa shape index (κ2) is 6.76. The Kier molecular flexibility index (Phi) is 5.00. The molecule has 3 rings (SSSR count). The van der Waals surface area contributed by atoms with Gasteiger partial charge < -0.3 is 15.2 Å². The van der Waals surface area contributed by atoms with Gasteiger partial charge in [0, 0.05) is 12.6 Å². The number of ether oxygens (including phenoxy) is 1. The Balaban J connectivity index is 1.44. The molecule has 0 amide bonds. The molecule has 20 heavy (non-hydrogen) atoms. The van der Waals surface area contributed by atoms with Crippen molar-refractivity contribution in [1.82, 2.24) is 5.32 Å². The molecule has 3 atom stereocenters. The molecule has 1 aliphatic heterocycles. The van der Waals surface area contributed by atoms with E-state index in [1.165, 1.54) is 64.2 Å². The Morgan fingerprint density at radius 1 is 0.900 bits per heavy atom. The second-order valence-corrected chi connectivity index (χ2v) is 7.24. The normalized spacial score (nSPS) is 38.0. The summed E-state index contributed by atoms with van der Waals surface area (Å²) in [5, 5.41) is 13.8. The smallest absolute Gasteiger partial charge is 0.0708 e. The maximum Gasteiger partial charge on any atom is 0.0708 e. The van der Waals surface area contributed by atoms with Crippen LogP contribution >= 0.6 is 0 Å². The lowest BCUT2D eigenvalue weighted by Gasteiger charge is -2.33. The molecular formula is C17H31NO2. The zero-order valence-electron chi connectivity index (χ0n) is 12.8. The summed E-state index contributed by atoms with van der Waals surface area (Å²) in [6.07, 6.45) is 15.1. The van der Waals surface area contributed by atoms with Gasteiger partial charge in [-0.05, 0) is 38.5 Å². The summed E-state index contributed by atoms with van der Waals surface area (Å²) in [5.74, 6) is 0. The third-order valence-corrected chi connectivity index (χ3v) is 5.69. The van der Waals surface area contributed by atoms with Crippen LogP contribution in [0.4, 0.5) is 0 Å². The van der Waals surface area contributed by atoms with Gasteiger partial charge in [0.15, 0.2) is 0 Å². The highest BCUT2D eigenvalue weighted by Crippen LogP contribution is 2.41. The van der Waals surface area contributed by atoms with E-state index in [4.69, 9.17) is 4.74 Å². The van der Waals surface area contributed by atoms with Crippen LogP contribution in [0.2, 0.25) is 0 Å². The summed E-state index contributed by atoms with van der Waals surface area (Å²) < 4.78 is 6.40. The SMILES string of the molecule is OC1CCCCCC1NCC1CCC2(CCCCC2)O1. The Morgan fingerprint density at radius 3 is 2.50 bits per heavy atom. The van der Waals surface area contributed by atoms with E-state index < -0.39 is 0 Å². The molecule has 0 aromatic heterocycles. The molecule has 0 radical (unpaired) electrons. The molecular weight excluding hydrogens is 250 g/mol. The molecule has 1 spiro atoms. The second-order valence-electron chi connectivity index (χ2n) is 7.24. The van der Waals surface area contributed by atoms with Crippen molar-refractivity contribution in [1.29, 1.82) is 0 Å². The van der Waals surface area contributed by atoms with Crippen LogP contribution in [0.5, 0.6) is 0 Å². The molecule has 116 valence electrons. The van der Waals surface area contributed by atoms with Gasteiger partial charge >= 0.3 is 0 Å². The third-order valence-electron chi connectivity index (χ3n) is 5.69. The van der Waals surface area contributed by atoms with Gasteiger partial charge in [0.1, 0.15) is 0 Å². The molecule has 2 N–H and O–H groups in total. The van der Waals surface area contributed by atoms with Gasteiger partial charge in [0.05, 0.1) is 17.8 Å². The average molecular weight is 281 g/mol. The van der Waals surface area contributed by atoms with Crippen LogP contribution in [0, 0.1) is 0 Å². The van der Waals surface area contributed by atoms with E-state index in [0.717, 1.165) is 19.4 Å². The van der Waals surface area contributed by atoms with Gasteiger partial charge in [-0.2, -0.15) is 0 Å². The minimum absolute atomic E-state index is 0.150. The molecule has 2 saturated carbocycles. The topological polar surface area (TPSA) is 41.5 Å². The fraction of sp³-hybridized carbons (Fsp3) is 1.00. The highest BCUT2D eigenvalue weighted by molar-refractivity contribution is 4.92. The number of hydrogen-bond acceptors (Lipinski definition) is 3. The van der Waals surface area contributed by atoms with E-state index in [-0.39, 0.29) is 11.7 Å². The Morgan fingerprint density at radius 2 is 1.65 bits per heavy atom. The van der Waals surface area contributed by atoms with Crippen molar-refractivity contribution in [2.24, 2.45) is 0 Å². The Hall–Kier alpha value is -0.120. The maximum absolute atomic E-state index is 10.2. The Bertz CT molecular complexity index is 301. The van der Waals surface area contributed by atoms with Gasteiger partial charge in [-0.25, -0.2) is 0 Å². The van der Waals surface area contributed by atoms with Crippen molar-refractivity contribution < 1.29 is 9.84 Å². The first-order valence-electron chi connectivity index (χ1n) is 8.87. The lowest BCUT2D eigenvalue weighted by Crippen LogP contribution is -2.43.